The summed E-state index contributed by atoms with van der Waals surface area (Å²) in [5.41, 5.74) is 3.58. The molecule has 5 nitrogen and oxygen atoms in total. The molecule has 1 aromatic carbocycles. The highest BCUT2D eigenvalue weighted by Crippen LogP contribution is 2.26. The number of hydrogen-bond donors (Lipinski definition) is 0. The largest absolute Gasteiger partial charge is 0.296 e. The van der Waals surface area contributed by atoms with Gasteiger partial charge in [0, 0.05) is 38.9 Å². The average Bonchev–Trinajstić information content (AvgIpc) is 3.12. The van der Waals surface area contributed by atoms with E-state index < -0.39 is 10.0 Å². The van der Waals surface area contributed by atoms with Gasteiger partial charge in [0.1, 0.15) is 5.15 Å². The molecule has 1 aliphatic carbocycles. The molecule has 0 N–H and O–H groups in total. The summed E-state index contributed by atoms with van der Waals surface area (Å²) in [5.74, 6) is 0. The van der Waals surface area contributed by atoms with E-state index in [9.17, 15) is 8.42 Å². The second kappa shape index (κ2) is 7.27. The van der Waals surface area contributed by atoms with Gasteiger partial charge in [0.25, 0.3) is 0 Å². The fraction of sp³-hybridized carbons (Fsp3) is 0.421. The van der Waals surface area contributed by atoms with Crippen molar-refractivity contribution in [1.29, 1.82) is 0 Å². The molecule has 0 radical (unpaired) electrons. The summed E-state index contributed by atoms with van der Waals surface area (Å²) in [6.07, 6.45) is 4.95. The number of fused-ring (bicyclic) bond motifs is 1. The van der Waals surface area contributed by atoms with Crippen LogP contribution in [0.2, 0.25) is 5.15 Å². The monoisotopic (exact) mass is 391 g/mol. The number of nitrogens with zero attached hydrogens (tertiary/aromatic N) is 3. The lowest BCUT2D eigenvalue weighted by Gasteiger charge is -2.34. The van der Waals surface area contributed by atoms with Gasteiger partial charge in [0.05, 0.1) is 4.90 Å². The zero-order valence-electron chi connectivity index (χ0n) is 14.6. The number of sulfonamides is 1. The molecule has 1 aromatic heterocycles. The van der Waals surface area contributed by atoms with E-state index in [1.807, 2.05) is 18.2 Å². The molecule has 2 heterocycles. The molecule has 7 heteroatoms. The maximum absolute atomic E-state index is 13.0. The van der Waals surface area contributed by atoms with Crippen LogP contribution in [0.5, 0.6) is 0 Å². The third-order valence-electron chi connectivity index (χ3n) is 5.23. The second-order valence-electron chi connectivity index (χ2n) is 6.95. The first-order valence-corrected chi connectivity index (χ1v) is 10.8. The number of hydrogen-bond acceptors (Lipinski definition) is 4. The molecule has 0 saturated carbocycles. The van der Waals surface area contributed by atoms with Crippen molar-refractivity contribution < 1.29 is 8.42 Å². The van der Waals surface area contributed by atoms with Gasteiger partial charge in [-0.15, -0.1) is 0 Å². The Balaban J connectivity index is 1.41. The molecule has 2 aliphatic rings. The van der Waals surface area contributed by atoms with E-state index >= 15 is 0 Å². The number of aryl methyl sites for hydroxylation is 2. The first-order valence-electron chi connectivity index (χ1n) is 8.97. The van der Waals surface area contributed by atoms with Crippen LogP contribution >= 0.6 is 11.6 Å². The zero-order valence-corrected chi connectivity index (χ0v) is 16.1. The minimum atomic E-state index is -3.41. The number of aromatic nitrogens is 1. The Morgan fingerprint density at radius 1 is 1.00 bits per heavy atom. The Kier molecular flexibility index (Phi) is 5.01. The van der Waals surface area contributed by atoms with Crippen molar-refractivity contribution in [2.75, 3.05) is 26.2 Å². The molecule has 2 aromatic rings. The number of rotatable bonds is 4. The van der Waals surface area contributed by atoms with Crippen molar-refractivity contribution in [3.63, 3.8) is 0 Å². The van der Waals surface area contributed by atoms with E-state index in [-0.39, 0.29) is 0 Å². The molecule has 26 heavy (non-hydrogen) atoms. The highest BCUT2D eigenvalue weighted by atomic mass is 35.5. The first-order chi connectivity index (χ1) is 12.5. The summed E-state index contributed by atoms with van der Waals surface area (Å²) in [6, 6.07) is 9.38. The molecule has 0 unspecified atom stereocenters. The Morgan fingerprint density at radius 2 is 1.77 bits per heavy atom. The van der Waals surface area contributed by atoms with Gasteiger partial charge in [-0.3, -0.25) is 4.90 Å². The van der Waals surface area contributed by atoms with Crippen LogP contribution in [-0.4, -0.2) is 48.8 Å². The summed E-state index contributed by atoms with van der Waals surface area (Å²) in [4.78, 5) is 6.79. The second-order valence-corrected chi connectivity index (χ2v) is 9.28. The predicted octanol–water partition coefficient (Wildman–Crippen LogP) is 2.73. The molecule has 1 saturated heterocycles. The van der Waals surface area contributed by atoms with Crippen LogP contribution in [0.1, 0.15) is 23.1 Å². The fourth-order valence-electron chi connectivity index (χ4n) is 3.74. The molecule has 0 atom stereocenters. The van der Waals surface area contributed by atoms with Crippen LogP contribution in [0.4, 0.5) is 0 Å². The van der Waals surface area contributed by atoms with Crippen molar-refractivity contribution >= 4 is 21.6 Å². The third kappa shape index (κ3) is 3.64. The van der Waals surface area contributed by atoms with Gasteiger partial charge in [0.15, 0.2) is 0 Å². The standard InChI is InChI=1S/C19H22ClN3O2S/c20-19-7-4-15(13-21-19)14-22-8-10-23(11-9-22)26(24,25)18-6-5-16-2-1-3-17(16)12-18/h4-7,12-13H,1-3,8-11,14H2. The van der Waals surface area contributed by atoms with Crippen molar-refractivity contribution in [3.8, 4) is 0 Å². The van der Waals surface area contributed by atoms with Gasteiger partial charge >= 0.3 is 0 Å². The summed E-state index contributed by atoms with van der Waals surface area (Å²) in [5, 5.41) is 0.485. The van der Waals surface area contributed by atoms with Gasteiger partial charge in [0.2, 0.25) is 10.0 Å². The zero-order chi connectivity index (χ0) is 18.1. The summed E-state index contributed by atoms with van der Waals surface area (Å²) in [6.45, 7) is 3.22. The first kappa shape index (κ1) is 17.9. The van der Waals surface area contributed by atoms with Crippen molar-refractivity contribution in [2.24, 2.45) is 0 Å². The van der Waals surface area contributed by atoms with Crippen LogP contribution in [0.3, 0.4) is 0 Å². The summed E-state index contributed by atoms with van der Waals surface area (Å²) >= 11 is 5.82. The predicted molar refractivity (Wildman–Crippen MR) is 102 cm³/mol. The van der Waals surface area contributed by atoms with E-state index in [1.54, 1.807) is 22.6 Å². The quantitative estimate of drug-likeness (QED) is 0.752. The van der Waals surface area contributed by atoms with E-state index in [0.29, 0.717) is 36.2 Å². The van der Waals surface area contributed by atoms with Crippen LogP contribution < -0.4 is 0 Å². The van der Waals surface area contributed by atoms with Gasteiger partial charge in [-0.2, -0.15) is 4.31 Å². The lowest BCUT2D eigenvalue weighted by Crippen LogP contribution is -2.48. The van der Waals surface area contributed by atoms with Crippen molar-refractivity contribution in [1.82, 2.24) is 14.2 Å². The number of benzene rings is 1. The number of halogens is 1. The van der Waals surface area contributed by atoms with Crippen molar-refractivity contribution in [3.05, 3.63) is 58.4 Å². The van der Waals surface area contributed by atoms with E-state index in [2.05, 4.69) is 9.88 Å². The Morgan fingerprint density at radius 3 is 2.50 bits per heavy atom. The normalized spacial score (nSPS) is 18.8. The van der Waals surface area contributed by atoms with E-state index in [4.69, 9.17) is 11.6 Å². The smallest absolute Gasteiger partial charge is 0.243 e. The van der Waals surface area contributed by atoms with Crippen LogP contribution in [0.15, 0.2) is 41.4 Å². The Hall–Kier alpha value is -1.47. The average molecular weight is 392 g/mol. The molecule has 1 fully saturated rings. The van der Waals surface area contributed by atoms with Gasteiger partial charge in [-0.1, -0.05) is 23.7 Å². The SMILES string of the molecule is O=S(=O)(c1ccc2c(c1)CCC2)N1CCN(Cc2ccc(Cl)nc2)CC1. The lowest BCUT2D eigenvalue weighted by molar-refractivity contribution is 0.181. The van der Waals surface area contributed by atoms with E-state index in [0.717, 1.165) is 31.4 Å². The van der Waals surface area contributed by atoms with Crippen LogP contribution in [0.25, 0.3) is 0 Å². The fourth-order valence-corrected chi connectivity index (χ4v) is 5.33. The molecule has 1 aliphatic heterocycles. The lowest BCUT2D eigenvalue weighted by atomic mass is 10.1. The van der Waals surface area contributed by atoms with Crippen molar-refractivity contribution in [2.45, 2.75) is 30.7 Å². The van der Waals surface area contributed by atoms with Gasteiger partial charge in [-0.25, -0.2) is 13.4 Å². The molecule has 0 spiro atoms. The van der Waals surface area contributed by atoms with Crippen LogP contribution in [-0.2, 0) is 29.4 Å². The number of pyridine rings is 1. The van der Waals surface area contributed by atoms with Crippen LogP contribution in [0, 0.1) is 0 Å². The molecular weight excluding hydrogens is 370 g/mol. The highest BCUT2D eigenvalue weighted by Gasteiger charge is 2.29. The minimum Gasteiger partial charge on any atom is -0.296 e. The summed E-state index contributed by atoms with van der Waals surface area (Å²) in [7, 11) is -3.41. The molecule has 4 rings (SSSR count). The van der Waals surface area contributed by atoms with E-state index in [1.165, 1.54) is 11.1 Å². The molecule has 0 bridgehead atoms. The molecular formula is C19H22ClN3O2S. The molecule has 0 amide bonds. The topological polar surface area (TPSA) is 53.5 Å². The Bertz CT molecular complexity index is 892. The third-order valence-corrected chi connectivity index (χ3v) is 7.35. The highest BCUT2D eigenvalue weighted by molar-refractivity contribution is 7.89. The summed E-state index contributed by atoms with van der Waals surface area (Å²) < 4.78 is 27.6. The molecule has 138 valence electrons. The maximum Gasteiger partial charge on any atom is 0.243 e. The Labute approximate surface area is 159 Å². The maximum atomic E-state index is 13.0. The number of piperazine rings is 1. The van der Waals surface area contributed by atoms with Gasteiger partial charge in [-0.05, 0) is 54.2 Å². The van der Waals surface area contributed by atoms with Gasteiger partial charge < -0.3 is 0 Å². The minimum absolute atomic E-state index is 0.438.